The number of halogens is 1. The topological polar surface area (TPSA) is 44.1 Å². The third-order valence-electron chi connectivity index (χ3n) is 3.28. The number of benzene rings is 2. The molecule has 0 unspecified atom stereocenters. The molecule has 0 bridgehead atoms. The zero-order valence-electron chi connectivity index (χ0n) is 11.9. The van der Waals surface area contributed by atoms with Crippen LogP contribution in [-0.4, -0.2) is 22.9 Å². The summed E-state index contributed by atoms with van der Waals surface area (Å²) in [4.78, 5) is 11.1. The molecule has 22 heavy (non-hydrogen) atoms. The molecule has 0 aliphatic heterocycles. The first-order chi connectivity index (χ1) is 10.7. The van der Waals surface area contributed by atoms with Crippen molar-refractivity contribution < 1.29 is 13.9 Å². The van der Waals surface area contributed by atoms with E-state index >= 15 is 0 Å². The van der Waals surface area contributed by atoms with Gasteiger partial charge < -0.3 is 4.74 Å². The molecule has 0 fully saturated rings. The van der Waals surface area contributed by atoms with Gasteiger partial charge in [-0.1, -0.05) is 6.07 Å². The van der Waals surface area contributed by atoms with E-state index in [0.29, 0.717) is 0 Å². The summed E-state index contributed by atoms with van der Waals surface area (Å²) < 4.78 is 19.3. The first-order valence-electron chi connectivity index (χ1n) is 6.67. The number of fused-ring (bicyclic) bond motifs is 1. The smallest absolute Gasteiger partial charge is 0.330 e. The molecule has 5 heteroatoms. The molecule has 2 aromatic carbocycles. The minimum atomic E-state index is -0.401. The lowest BCUT2D eigenvalue weighted by atomic mass is 10.1. The van der Waals surface area contributed by atoms with Gasteiger partial charge in [0.2, 0.25) is 0 Å². The fourth-order valence-corrected chi connectivity index (χ4v) is 2.18. The number of carbonyl (C=O) groups excluding carboxylic acids is 1. The first kappa shape index (κ1) is 14.0. The van der Waals surface area contributed by atoms with Crippen molar-refractivity contribution in [1.29, 1.82) is 0 Å². The Morgan fingerprint density at radius 2 is 2.00 bits per heavy atom. The number of ether oxygens (including phenoxy) is 1. The number of aromatic nitrogens is 2. The van der Waals surface area contributed by atoms with Crippen molar-refractivity contribution in [3.63, 3.8) is 0 Å². The predicted molar refractivity (Wildman–Crippen MR) is 82.1 cm³/mol. The fraction of sp³-hybridized carbons (Fsp3) is 0.0588. The molecular weight excluding hydrogens is 283 g/mol. The third kappa shape index (κ3) is 2.74. The lowest BCUT2D eigenvalue weighted by Gasteiger charge is -2.03. The Bertz CT molecular complexity index is 851. The number of esters is 1. The van der Waals surface area contributed by atoms with E-state index in [1.807, 2.05) is 18.2 Å². The van der Waals surface area contributed by atoms with Gasteiger partial charge in [-0.3, -0.25) is 0 Å². The molecule has 110 valence electrons. The summed E-state index contributed by atoms with van der Waals surface area (Å²) in [5, 5.41) is 5.25. The van der Waals surface area contributed by atoms with Crippen molar-refractivity contribution in [3.8, 4) is 5.69 Å². The van der Waals surface area contributed by atoms with E-state index in [2.05, 4.69) is 9.84 Å². The maximum atomic E-state index is 13.0. The van der Waals surface area contributed by atoms with Crippen LogP contribution in [0.25, 0.3) is 22.7 Å². The third-order valence-corrected chi connectivity index (χ3v) is 3.28. The van der Waals surface area contributed by atoms with Gasteiger partial charge in [-0.05, 0) is 48.0 Å². The summed E-state index contributed by atoms with van der Waals surface area (Å²) in [7, 11) is 1.34. The van der Waals surface area contributed by atoms with E-state index in [9.17, 15) is 9.18 Å². The number of hydrogen-bond donors (Lipinski definition) is 0. The Morgan fingerprint density at radius 1 is 1.23 bits per heavy atom. The van der Waals surface area contributed by atoms with E-state index in [1.165, 1.54) is 25.3 Å². The SMILES string of the molecule is COC(=O)C=Cc1ccc2c(cnn2-c2ccc(F)cc2)c1. The molecule has 0 saturated carbocycles. The van der Waals surface area contributed by atoms with Gasteiger partial charge >= 0.3 is 5.97 Å². The minimum Gasteiger partial charge on any atom is -0.466 e. The van der Waals surface area contributed by atoms with Crippen LogP contribution in [0.5, 0.6) is 0 Å². The van der Waals surface area contributed by atoms with E-state index in [0.717, 1.165) is 22.2 Å². The quantitative estimate of drug-likeness (QED) is 0.550. The van der Waals surface area contributed by atoms with Gasteiger partial charge in [0.1, 0.15) is 5.82 Å². The molecule has 0 aliphatic rings. The van der Waals surface area contributed by atoms with Crippen LogP contribution in [0.3, 0.4) is 0 Å². The fourth-order valence-electron chi connectivity index (χ4n) is 2.18. The van der Waals surface area contributed by atoms with Crippen LogP contribution < -0.4 is 0 Å². The Hall–Kier alpha value is -2.95. The van der Waals surface area contributed by atoms with Gasteiger partial charge in [0.15, 0.2) is 0 Å². The van der Waals surface area contributed by atoms with Crippen LogP contribution in [0.1, 0.15) is 5.56 Å². The summed E-state index contributed by atoms with van der Waals surface area (Å²) in [6.07, 6.45) is 4.78. The molecule has 1 heterocycles. The summed E-state index contributed by atoms with van der Waals surface area (Å²) in [5.41, 5.74) is 2.56. The van der Waals surface area contributed by atoms with Crippen LogP contribution >= 0.6 is 0 Å². The van der Waals surface area contributed by atoms with Gasteiger partial charge in [-0.15, -0.1) is 0 Å². The lowest BCUT2D eigenvalue weighted by molar-refractivity contribution is -0.134. The normalized spacial score (nSPS) is 11.2. The maximum Gasteiger partial charge on any atom is 0.330 e. The number of hydrogen-bond acceptors (Lipinski definition) is 3. The Labute approximate surface area is 126 Å². The van der Waals surface area contributed by atoms with Crippen LogP contribution in [-0.2, 0) is 9.53 Å². The summed E-state index contributed by atoms with van der Waals surface area (Å²) >= 11 is 0. The molecule has 0 atom stereocenters. The second kappa shape index (κ2) is 5.81. The monoisotopic (exact) mass is 296 g/mol. The molecule has 1 aromatic heterocycles. The zero-order chi connectivity index (χ0) is 15.5. The average Bonchev–Trinajstić information content (AvgIpc) is 2.96. The van der Waals surface area contributed by atoms with E-state index in [-0.39, 0.29) is 5.82 Å². The van der Waals surface area contributed by atoms with E-state index in [4.69, 9.17) is 0 Å². The number of nitrogens with zero attached hydrogens (tertiary/aromatic N) is 2. The molecule has 0 saturated heterocycles. The second-order valence-electron chi connectivity index (χ2n) is 4.71. The van der Waals surface area contributed by atoms with Gasteiger partial charge in [-0.25, -0.2) is 13.9 Å². The van der Waals surface area contributed by atoms with Crippen molar-refractivity contribution in [3.05, 3.63) is 66.1 Å². The zero-order valence-corrected chi connectivity index (χ0v) is 11.9. The van der Waals surface area contributed by atoms with Gasteiger partial charge in [-0.2, -0.15) is 5.10 Å². The van der Waals surface area contributed by atoms with Crippen molar-refractivity contribution in [2.75, 3.05) is 7.11 Å². The molecule has 0 N–H and O–H groups in total. The molecular formula is C17H13FN2O2. The highest BCUT2D eigenvalue weighted by Crippen LogP contribution is 2.20. The molecule has 3 rings (SSSR count). The van der Waals surface area contributed by atoms with Crippen LogP contribution in [0.15, 0.2) is 54.7 Å². The van der Waals surface area contributed by atoms with E-state index in [1.54, 1.807) is 29.1 Å². The van der Waals surface area contributed by atoms with Crippen molar-refractivity contribution >= 4 is 22.9 Å². The molecule has 3 aromatic rings. The maximum absolute atomic E-state index is 13.0. The Kier molecular flexibility index (Phi) is 3.70. The predicted octanol–water partition coefficient (Wildman–Crippen LogP) is 3.35. The van der Waals surface area contributed by atoms with E-state index < -0.39 is 5.97 Å². The first-order valence-corrected chi connectivity index (χ1v) is 6.67. The number of methoxy groups -OCH3 is 1. The van der Waals surface area contributed by atoms with Crippen LogP contribution in [0.4, 0.5) is 4.39 Å². The highest BCUT2D eigenvalue weighted by atomic mass is 19.1. The van der Waals surface area contributed by atoms with Crippen LogP contribution in [0, 0.1) is 5.82 Å². The van der Waals surface area contributed by atoms with Crippen molar-refractivity contribution in [2.45, 2.75) is 0 Å². The highest BCUT2D eigenvalue weighted by molar-refractivity contribution is 5.89. The molecule has 0 amide bonds. The average molecular weight is 296 g/mol. The second-order valence-corrected chi connectivity index (χ2v) is 4.71. The number of carbonyl (C=O) groups is 1. The van der Waals surface area contributed by atoms with Crippen molar-refractivity contribution in [1.82, 2.24) is 9.78 Å². The van der Waals surface area contributed by atoms with Gasteiger partial charge in [0, 0.05) is 11.5 Å². The number of rotatable bonds is 3. The van der Waals surface area contributed by atoms with Crippen LogP contribution in [0.2, 0.25) is 0 Å². The Balaban J connectivity index is 1.97. The molecule has 0 spiro atoms. The summed E-state index contributed by atoms with van der Waals surface area (Å²) in [6, 6.07) is 11.8. The molecule has 4 nitrogen and oxygen atoms in total. The summed E-state index contributed by atoms with van der Waals surface area (Å²) in [6.45, 7) is 0. The minimum absolute atomic E-state index is 0.282. The largest absolute Gasteiger partial charge is 0.466 e. The Morgan fingerprint density at radius 3 is 2.73 bits per heavy atom. The molecule has 0 aliphatic carbocycles. The summed E-state index contributed by atoms with van der Waals surface area (Å²) in [5.74, 6) is -0.683. The van der Waals surface area contributed by atoms with Gasteiger partial charge in [0.05, 0.1) is 24.5 Å². The van der Waals surface area contributed by atoms with Gasteiger partial charge in [0.25, 0.3) is 0 Å². The highest BCUT2D eigenvalue weighted by Gasteiger charge is 2.05. The molecule has 0 radical (unpaired) electrons. The van der Waals surface area contributed by atoms with Crippen molar-refractivity contribution in [2.24, 2.45) is 0 Å². The lowest BCUT2D eigenvalue weighted by Crippen LogP contribution is -1.95. The standard InChI is InChI=1S/C17H13FN2O2/c1-22-17(21)9-3-12-2-8-16-13(10-12)11-19-20(16)15-6-4-14(18)5-7-15/h2-11H,1H3.